The standard InChI is InChI=1S/C16H21N3O3/c1-10(17-15(20)16(2,3)4)14-18-13(19-22-14)11-8-6-7-9-12(11)21-5/h6-10H,1-5H3,(H,17,20)/t10-/m0/s1. The van der Waals surface area contributed by atoms with Crippen molar-refractivity contribution < 1.29 is 14.1 Å². The van der Waals surface area contributed by atoms with E-state index >= 15 is 0 Å². The second-order valence-electron chi connectivity index (χ2n) is 6.10. The van der Waals surface area contributed by atoms with Crippen LogP contribution in [-0.4, -0.2) is 23.2 Å². The summed E-state index contributed by atoms with van der Waals surface area (Å²) in [4.78, 5) is 16.4. The third-order valence-corrected chi connectivity index (χ3v) is 3.19. The van der Waals surface area contributed by atoms with Crippen LogP contribution in [0.2, 0.25) is 0 Å². The van der Waals surface area contributed by atoms with Gasteiger partial charge in [-0.25, -0.2) is 0 Å². The Morgan fingerprint density at radius 1 is 1.32 bits per heavy atom. The molecule has 0 aliphatic heterocycles. The van der Waals surface area contributed by atoms with Crippen LogP contribution in [0.25, 0.3) is 11.4 Å². The van der Waals surface area contributed by atoms with Gasteiger partial charge in [-0.2, -0.15) is 4.98 Å². The van der Waals surface area contributed by atoms with Crippen molar-refractivity contribution in [2.45, 2.75) is 33.7 Å². The Kier molecular flexibility index (Phi) is 4.49. The summed E-state index contributed by atoms with van der Waals surface area (Å²) in [5, 5.41) is 6.83. The number of aromatic nitrogens is 2. The molecule has 1 aromatic heterocycles. The Morgan fingerprint density at radius 2 is 2.00 bits per heavy atom. The van der Waals surface area contributed by atoms with Crippen molar-refractivity contribution in [2.24, 2.45) is 5.41 Å². The first-order valence-electron chi connectivity index (χ1n) is 7.11. The number of para-hydroxylation sites is 1. The molecule has 0 fully saturated rings. The fourth-order valence-corrected chi connectivity index (χ4v) is 1.82. The Balaban J connectivity index is 2.19. The monoisotopic (exact) mass is 303 g/mol. The van der Waals surface area contributed by atoms with Gasteiger partial charge in [-0.3, -0.25) is 4.79 Å². The van der Waals surface area contributed by atoms with E-state index in [0.717, 1.165) is 5.56 Å². The van der Waals surface area contributed by atoms with Crippen LogP contribution in [-0.2, 0) is 4.79 Å². The van der Waals surface area contributed by atoms with Gasteiger partial charge in [0.25, 0.3) is 0 Å². The van der Waals surface area contributed by atoms with Crippen LogP contribution in [0.4, 0.5) is 0 Å². The summed E-state index contributed by atoms with van der Waals surface area (Å²) in [7, 11) is 1.59. The fraction of sp³-hybridized carbons (Fsp3) is 0.438. The van der Waals surface area contributed by atoms with Crippen molar-refractivity contribution in [3.63, 3.8) is 0 Å². The maximum Gasteiger partial charge on any atom is 0.249 e. The molecule has 0 aliphatic carbocycles. The van der Waals surface area contributed by atoms with Gasteiger partial charge in [0.1, 0.15) is 11.8 Å². The molecule has 118 valence electrons. The van der Waals surface area contributed by atoms with E-state index < -0.39 is 5.41 Å². The lowest BCUT2D eigenvalue weighted by Crippen LogP contribution is -2.36. The minimum absolute atomic E-state index is 0.0722. The smallest absolute Gasteiger partial charge is 0.249 e. The van der Waals surface area contributed by atoms with Gasteiger partial charge in [-0.15, -0.1) is 0 Å². The summed E-state index contributed by atoms with van der Waals surface area (Å²) in [6.07, 6.45) is 0. The van der Waals surface area contributed by atoms with E-state index in [1.165, 1.54) is 0 Å². The van der Waals surface area contributed by atoms with Crippen LogP contribution < -0.4 is 10.1 Å². The maximum absolute atomic E-state index is 12.0. The second-order valence-corrected chi connectivity index (χ2v) is 6.10. The molecule has 1 atom stereocenters. The average Bonchev–Trinajstić information content (AvgIpc) is 2.95. The van der Waals surface area contributed by atoms with E-state index in [1.54, 1.807) is 7.11 Å². The van der Waals surface area contributed by atoms with E-state index in [0.29, 0.717) is 17.5 Å². The fourth-order valence-electron chi connectivity index (χ4n) is 1.82. The van der Waals surface area contributed by atoms with Crippen LogP contribution in [0.15, 0.2) is 28.8 Å². The van der Waals surface area contributed by atoms with Gasteiger partial charge in [0.2, 0.25) is 17.6 Å². The highest BCUT2D eigenvalue weighted by molar-refractivity contribution is 5.81. The van der Waals surface area contributed by atoms with E-state index in [2.05, 4.69) is 15.5 Å². The van der Waals surface area contributed by atoms with Crippen molar-refractivity contribution in [1.29, 1.82) is 0 Å². The number of nitrogens with one attached hydrogen (secondary N) is 1. The Bertz CT molecular complexity index is 659. The molecular formula is C16H21N3O3. The molecule has 0 saturated heterocycles. The molecule has 6 nitrogen and oxygen atoms in total. The topological polar surface area (TPSA) is 77.3 Å². The summed E-state index contributed by atoms with van der Waals surface area (Å²) in [5.74, 6) is 1.39. The zero-order chi connectivity index (χ0) is 16.3. The third-order valence-electron chi connectivity index (χ3n) is 3.19. The average molecular weight is 303 g/mol. The molecule has 1 amide bonds. The van der Waals surface area contributed by atoms with Gasteiger partial charge in [0.05, 0.1) is 12.7 Å². The summed E-state index contributed by atoms with van der Waals surface area (Å²) in [6.45, 7) is 7.36. The number of carbonyl (C=O) groups is 1. The van der Waals surface area contributed by atoms with Gasteiger partial charge in [-0.05, 0) is 19.1 Å². The van der Waals surface area contributed by atoms with E-state index in [4.69, 9.17) is 9.26 Å². The normalized spacial score (nSPS) is 12.8. The number of carbonyl (C=O) groups excluding carboxylic acids is 1. The zero-order valence-corrected chi connectivity index (χ0v) is 13.5. The summed E-state index contributed by atoms with van der Waals surface area (Å²) < 4.78 is 10.5. The van der Waals surface area contributed by atoms with E-state index in [-0.39, 0.29) is 11.9 Å². The molecule has 6 heteroatoms. The number of amides is 1. The zero-order valence-electron chi connectivity index (χ0n) is 13.5. The number of methoxy groups -OCH3 is 1. The molecule has 1 aromatic carbocycles. The van der Waals surface area contributed by atoms with Gasteiger partial charge in [-0.1, -0.05) is 38.1 Å². The molecule has 22 heavy (non-hydrogen) atoms. The quantitative estimate of drug-likeness (QED) is 0.939. The van der Waals surface area contributed by atoms with Crippen LogP contribution in [0.5, 0.6) is 5.75 Å². The van der Waals surface area contributed by atoms with Gasteiger partial charge >= 0.3 is 0 Å². The van der Waals surface area contributed by atoms with Crippen molar-refractivity contribution in [3.05, 3.63) is 30.2 Å². The largest absolute Gasteiger partial charge is 0.496 e. The first kappa shape index (κ1) is 16.0. The molecule has 0 aliphatic rings. The second kappa shape index (κ2) is 6.17. The molecule has 0 radical (unpaired) electrons. The minimum atomic E-state index is -0.472. The Morgan fingerprint density at radius 3 is 2.64 bits per heavy atom. The summed E-state index contributed by atoms with van der Waals surface area (Å²) >= 11 is 0. The molecule has 0 spiro atoms. The Hall–Kier alpha value is -2.37. The number of nitrogens with zero attached hydrogens (tertiary/aromatic N) is 2. The maximum atomic E-state index is 12.0. The predicted molar refractivity (Wildman–Crippen MR) is 82.3 cm³/mol. The highest BCUT2D eigenvalue weighted by Crippen LogP contribution is 2.28. The molecule has 1 N–H and O–H groups in total. The van der Waals surface area contributed by atoms with Crippen molar-refractivity contribution in [3.8, 4) is 17.1 Å². The molecule has 0 bridgehead atoms. The van der Waals surface area contributed by atoms with E-state index in [9.17, 15) is 4.79 Å². The lowest BCUT2D eigenvalue weighted by molar-refractivity contribution is -0.129. The molecule has 0 saturated carbocycles. The van der Waals surface area contributed by atoms with Gasteiger partial charge in [0, 0.05) is 5.41 Å². The highest BCUT2D eigenvalue weighted by Gasteiger charge is 2.25. The lowest BCUT2D eigenvalue weighted by Gasteiger charge is -2.19. The summed E-state index contributed by atoms with van der Waals surface area (Å²) in [6, 6.07) is 7.07. The van der Waals surface area contributed by atoms with Gasteiger partial charge in [0.15, 0.2) is 0 Å². The van der Waals surface area contributed by atoms with Crippen LogP contribution >= 0.6 is 0 Å². The number of benzene rings is 1. The van der Waals surface area contributed by atoms with Crippen LogP contribution in [0.1, 0.15) is 39.6 Å². The number of hydrogen-bond acceptors (Lipinski definition) is 5. The van der Waals surface area contributed by atoms with Crippen LogP contribution in [0.3, 0.4) is 0 Å². The van der Waals surface area contributed by atoms with Gasteiger partial charge < -0.3 is 14.6 Å². The third kappa shape index (κ3) is 3.44. The Labute approximate surface area is 129 Å². The predicted octanol–water partition coefficient (Wildman–Crippen LogP) is 2.97. The first-order chi connectivity index (χ1) is 10.3. The molecule has 1 heterocycles. The molecule has 2 rings (SSSR count). The number of ether oxygens (including phenoxy) is 1. The minimum Gasteiger partial charge on any atom is -0.496 e. The molecule has 0 unspecified atom stereocenters. The SMILES string of the molecule is COc1ccccc1-c1noc([C@H](C)NC(=O)C(C)(C)C)n1. The van der Waals surface area contributed by atoms with E-state index in [1.807, 2.05) is 52.0 Å². The molecule has 2 aromatic rings. The number of rotatable bonds is 4. The number of hydrogen-bond donors (Lipinski definition) is 1. The first-order valence-corrected chi connectivity index (χ1v) is 7.11. The van der Waals surface area contributed by atoms with Crippen molar-refractivity contribution in [2.75, 3.05) is 7.11 Å². The lowest BCUT2D eigenvalue weighted by atomic mass is 9.95. The van der Waals surface area contributed by atoms with Crippen molar-refractivity contribution in [1.82, 2.24) is 15.5 Å². The molecular weight excluding hydrogens is 282 g/mol. The van der Waals surface area contributed by atoms with Crippen LogP contribution in [0, 0.1) is 5.41 Å². The van der Waals surface area contributed by atoms with Crippen molar-refractivity contribution >= 4 is 5.91 Å². The summed E-state index contributed by atoms with van der Waals surface area (Å²) in [5.41, 5.74) is 0.272. The highest BCUT2D eigenvalue weighted by atomic mass is 16.5.